The molecule has 3 atom stereocenters. The molecule has 0 amide bonds. The topological polar surface area (TPSA) is 85.3 Å². The summed E-state index contributed by atoms with van der Waals surface area (Å²) in [4.78, 5) is 0.244. The Balaban J connectivity index is 1.85. The maximum Gasteiger partial charge on any atom is 0.268 e. The lowest BCUT2D eigenvalue weighted by atomic mass is 9.58. The van der Waals surface area contributed by atoms with E-state index in [4.69, 9.17) is 5.73 Å². The number of fused-ring (bicyclic) bond motifs is 1. The normalized spacial score (nSPS) is 26.4. The first-order chi connectivity index (χ1) is 15.4. The van der Waals surface area contributed by atoms with E-state index < -0.39 is 33.0 Å². The van der Waals surface area contributed by atoms with Gasteiger partial charge in [-0.05, 0) is 42.7 Å². The Kier molecular flexibility index (Phi) is 4.64. The Hall–Kier alpha value is -2.67. The summed E-state index contributed by atoms with van der Waals surface area (Å²) < 4.78 is 28.8. The van der Waals surface area contributed by atoms with Crippen LogP contribution >= 0.6 is 0 Å². The summed E-state index contributed by atoms with van der Waals surface area (Å²) in [6, 6.07) is 12.2. The average molecular weight is 463 g/mol. The van der Waals surface area contributed by atoms with Crippen LogP contribution in [0.5, 0.6) is 0 Å². The van der Waals surface area contributed by atoms with Gasteiger partial charge in [0.05, 0.1) is 16.5 Å². The first kappa shape index (κ1) is 22.1. The van der Waals surface area contributed by atoms with E-state index in [9.17, 15) is 13.5 Å². The van der Waals surface area contributed by atoms with Crippen molar-refractivity contribution >= 4 is 26.5 Å². The monoisotopic (exact) mass is 462 g/mol. The molecular weight excluding hydrogens is 432 g/mol. The molecule has 2 aromatic carbocycles. The molecule has 5 nitrogen and oxygen atoms in total. The fourth-order valence-electron chi connectivity index (χ4n) is 5.58. The van der Waals surface area contributed by atoms with Crippen LogP contribution in [0.25, 0.3) is 16.5 Å². The number of hydrogen-bond acceptors (Lipinski definition) is 4. The summed E-state index contributed by atoms with van der Waals surface area (Å²) in [6.45, 7) is 12.1. The van der Waals surface area contributed by atoms with Gasteiger partial charge in [-0.15, -0.1) is 6.58 Å². The molecule has 3 aromatic rings. The zero-order valence-corrected chi connectivity index (χ0v) is 20.3. The number of nitrogens with zero attached hydrogens (tertiary/aromatic N) is 1. The summed E-state index contributed by atoms with van der Waals surface area (Å²) >= 11 is 0. The van der Waals surface area contributed by atoms with Crippen molar-refractivity contribution in [2.24, 2.45) is 11.1 Å². The van der Waals surface area contributed by atoms with Crippen molar-refractivity contribution in [1.82, 2.24) is 3.97 Å². The molecule has 0 saturated carbocycles. The SMILES string of the molecule is C=C[C@@]1(C)[C@H](O)CC2=C(c3cn(S(=O)(=O)c4ccc(C)cc4)c4cccc(c34)C2(C)C)[C@H]1N. The van der Waals surface area contributed by atoms with Crippen LogP contribution < -0.4 is 5.73 Å². The Labute approximate surface area is 195 Å². The lowest BCUT2D eigenvalue weighted by Gasteiger charge is -2.49. The van der Waals surface area contributed by atoms with Crippen molar-refractivity contribution < 1.29 is 13.5 Å². The van der Waals surface area contributed by atoms with Gasteiger partial charge in [-0.1, -0.05) is 62.2 Å². The number of aliphatic hydroxyl groups is 1. The van der Waals surface area contributed by atoms with E-state index in [1.165, 1.54) is 3.97 Å². The number of nitrogens with two attached hydrogens (primary N) is 1. The van der Waals surface area contributed by atoms with E-state index in [-0.39, 0.29) is 4.90 Å². The Morgan fingerprint density at radius 1 is 1.15 bits per heavy atom. The van der Waals surface area contributed by atoms with Gasteiger partial charge in [-0.25, -0.2) is 12.4 Å². The van der Waals surface area contributed by atoms with E-state index >= 15 is 0 Å². The fraction of sp³-hybridized carbons (Fsp3) is 0.333. The maximum atomic E-state index is 13.7. The molecule has 6 heteroatoms. The van der Waals surface area contributed by atoms with Crippen molar-refractivity contribution in [3.8, 4) is 0 Å². The van der Waals surface area contributed by atoms with Gasteiger partial charge >= 0.3 is 0 Å². The predicted molar refractivity (Wildman–Crippen MR) is 133 cm³/mol. The van der Waals surface area contributed by atoms with Crippen LogP contribution in [0.3, 0.4) is 0 Å². The molecule has 0 radical (unpaired) electrons. The van der Waals surface area contributed by atoms with Crippen molar-refractivity contribution in [2.75, 3.05) is 0 Å². The van der Waals surface area contributed by atoms with Crippen molar-refractivity contribution in [1.29, 1.82) is 0 Å². The summed E-state index contributed by atoms with van der Waals surface area (Å²) in [5, 5.41) is 11.9. The molecule has 0 bridgehead atoms. The zero-order valence-electron chi connectivity index (χ0n) is 19.5. The third-order valence-corrected chi connectivity index (χ3v) is 9.64. The quantitative estimate of drug-likeness (QED) is 0.561. The predicted octanol–water partition coefficient (Wildman–Crippen LogP) is 4.52. The van der Waals surface area contributed by atoms with Gasteiger partial charge in [-0.3, -0.25) is 0 Å². The van der Waals surface area contributed by atoms with E-state index in [1.807, 2.05) is 26.0 Å². The number of aromatic nitrogens is 1. The highest BCUT2D eigenvalue weighted by Crippen LogP contribution is 2.55. The molecule has 2 aliphatic rings. The van der Waals surface area contributed by atoms with Crippen LogP contribution in [-0.2, 0) is 15.4 Å². The largest absolute Gasteiger partial charge is 0.392 e. The first-order valence-corrected chi connectivity index (χ1v) is 12.7. The van der Waals surface area contributed by atoms with Gasteiger partial charge in [0.25, 0.3) is 10.0 Å². The van der Waals surface area contributed by atoms with Crippen LogP contribution in [-0.4, -0.2) is 29.6 Å². The minimum Gasteiger partial charge on any atom is -0.392 e. The lowest BCUT2D eigenvalue weighted by Crippen LogP contribution is -2.52. The third kappa shape index (κ3) is 2.81. The Morgan fingerprint density at radius 2 is 1.82 bits per heavy atom. The lowest BCUT2D eigenvalue weighted by molar-refractivity contribution is 0.0547. The van der Waals surface area contributed by atoms with Gasteiger partial charge in [-0.2, -0.15) is 0 Å². The molecule has 0 spiro atoms. The molecule has 172 valence electrons. The molecule has 1 aromatic heterocycles. The molecule has 0 saturated heterocycles. The molecule has 0 aliphatic heterocycles. The number of aliphatic hydroxyl groups excluding tert-OH is 1. The number of hydrogen-bond donors (Lipinski definition) is 2. The van der Waals surface area contributed by atoms with Crippen LogP contribution in [0.4, 0.5) is 0 Å². The minimum absolute atomic E-state index is 0.244. The number of rotatable bonds is 3. The summed E-state index contributed by atoms with van der Waals surface area (Å²) in [5.41, 5.74) is 11.2. The fourth-order valence-corrected chi connectivity index (χ4v) is 6.94. The van der Waals surface area contributed by atoms with Gasteiger partial charge in [0, 0.05) is 34.0 Å². The highest BCUT2D eigenvalue weighted by Gasteiger charge is 2.50. The summed E-state index contributed by atoms with van der Waals surface area (Å²) in [7, 11) is -3.81. The van der Waals surface area contributed by atoms with E-state index in [1.54, 1.807) is 36.5 Å². The second kappa shape index (κ2) is 6.92. The Morgan fingerprint density at radius 3 is 2.45 bits per heavy atom. The van der Waals surface area contributed by atoms with Crippen molar-refractivity contribution in [2.45, 2.75) is 56.6 Å². The van der Waals surface area contributed by atoms with Crippen LogP contribution in [0.2, 0.25) is 0 Å². The second-order valence-corrected chi connectivity index (χ2v) is 12.0. The van der Waals surface area contributed by atoms with E-state index in [2.05, 4.69) is 26.5 Å². The zero-order chi connectivity index (χ0) is 23.9. The third-order valence-electron chi connectivity index (χ3n) is 7.95. The van der Waals surface area contributed by atoms with Crippen LogP contribution in [0.15, 0.2) is 71.8 Å². The smallest absolute Gasteiger partial charge is 0.268 e. The van der Waals surface area contributed by atoms with Crippen LogP contribution in [0.1, 0.15) is 43.9 Å². The molecule has 2 aliphatic carbocycles. The molecule has 5 rings (SSSR count). The van der Waals surface area contributed by atoms with Crippen molar-refractivity contribution in [3.63, 3.8) is 0 Å². The maximum absolute atomic E-state index is 13.7. The molecule has 3 N–H and O–H groups in total. The molecule has 0 fully saturated rings. The molecular formula is C27H30N2O3S. The van der Waals surface area contributed by atoms with Gasteiger partial charge < -0.3 is 10.8 Å². The van der Waals surface area contributed by atoms with Crippen molar-refractivity contribution in [3.05, 3.63) is 83.6 Å². The summed E-state index contributed by atoms with van der Waals surface area (Å²) in [6.07, 6.45) is 3.25. The summed E-state index contributed by atoms with van der Waals surface area (Å²) in [5.74, 6) is 0. The minimum atomic E-state index is -3.81. The molecule has 33 heavy (non-hydrogen) atoms. The molecule has 0 unspecified atom stereocenters. The highest BCUT2D eigenvalue weighted by molar-refractivity contribution is 7.90. The van der Waals surface area contributed by atoms with Gasteiger partial charge in [0.1, 0.15) is 0 Å². The molecule has 1 heterocycles. The van der Waals surface area contributed by atoms with Gasteiger partial charge in [0.2, 0.25) is 0 Å². The van der Waals surface area contributed by atoms with Gasteiger partial charge in [0.15, 0.2) is 0 Å². The highest BCUT2D eigenvalue weighted by atomic mass is 32.2. The first-order valence-electron chi connectivity index (χ1n) is 11.2. The second-order valence-electron chi connectivity index (χ2n) is 10.1. The standard InChI is InChI=1S/C27H30N2O3S/c1-6-27(5)22(30)14-20-24(25(27)28)18-15-29(33(31,32)17-12-10-16(2)11-13-17)21-9-7-8-19(23(18)21)26(20,3)4/h6-13,15,22,25,30H,1,14,28H2,2-5H3/t22-,25-,27+/m1/s1. The average Bonchev–Trinajstić information content (AvgIpc) is 3.17. The van der Waals surface area contributed by atoms with E-state index in [0.717, 1.165) is 33.2 Å². The number of benzene rings is 2. The van der Waals surface area contributed by atoms with Crippen LogP contribution in [0, 0.1) is 12.3 Å². The Bertz CT molecular complexity index is 1440. The number of aryl methyl sites for hydroxylation is 1. The van der Waals surface area contributed by atoms with E-state index in [0.29, 0.717) is 11.9 Å².